The lowest BCUT2D eigenvalue weighted by Gasteiger charge is -2.15. The van der Waals surface area contributed by atoms with Crippen LogP contribution in [0.5, 0.6) is 0 Å². The Morgan fingerprint density at radius 2 is 2.00 bits per heavy atom. The molecule has 0 saturated carbocycles. The molecule has 0 aromatic rings. The largest absolute Gasteiger partial charge is 0.355 e. The van der Waals surface area contributed by atoms with Crippen LogP contribution in [0.15, 0.2) is 0 Å². The van der Waals surface area contributed by atoms with Crippen LogP contribution in [0.3, 0.4) is 0 Å². The second-order valence-corrected chi connectivity index (χ2v) is 3.33. The molecule has 1 atom stereocenters. The maximum Gasteiger partial charge on any atom is 0.216 e. The zero-order valence-electron chi connectivity index (χ0n) is 9.02. The molecule has 0 aromatic carbocycles. The lowest BCUT2D eigenvalue weighted by Crippen LogP contribution is -2.36. The Hall–Kier alpha value is -0.570. The maximum atomic E-state index is 10.5. The quantitative estimate of drug-likeness (QED) is 0.588. The maximum absolute atomic E-state index is 10.5. The van der Waals surface area contributed by atoms with Crippen LogP contribution in [0.2, 0.25) is 0 Å². The third kappa shape index (κ3) is 7.78. The summed E-state index contributed by atoms with van der Waals surface area (Å²) in [7, 11) is 0. The van der Waals surface area contributed by atoms with Gasteiger partial charge in [0.15, 0.2) is 0 Å². The van der Waals surface area contributed by atoms with Crippen molar-refractivity contribution in [1.29, 1.82) is 0 Å². The van der Waals surface area contributed by atoms with E-state index in [9.17, 15) is 4.79 Å². The monoisotopic (exact) mass is 186 g/mol. The summed E-state index contributed by atoms with van der Waals surface area (Å²) in [4.78, 5) is 10.5. The molecule has 1 amide bonds. The van der Waals surface area contributed by atoms with Gasteiger partial charge in [0.25, 0.3) is 0 Å². The average Bonchev–Trinajstić information content (AvgIpc) is 2.10. The standard InChI is InChI=1S/C10H22N2O/c1-4-6-10(5-2)12-8-7-11-9(3)13/h10,12H,4-8H2,1-3H3,(H,11,13). The first-order valence-corrected chi connectivity index (χ1v) is 5.18. The lowest BCUT2D eigenvalue weighted by molar-refractivity contribution is -0.118. The Morgan fingerprint density at radius 3 is 2.46 bits per heavy atom. The molecule has 2 N–H and O–H groups in total. The van der Waals surface area contributed by atoms with Crippen molar-refractivity contribution >= 4 is 5.91 Å². The molecule has 0 aromatic heterocycles. The number of carbonyl (C=O) groups excluding carboxylic acids is 1. The number of amides is 1. The van der Waals surface area contributed by atoms with E-state index >= 15 is 0 Å². The summed E-state index contributed by atoms with van der Waals surface area (Å²) < 4.78 is 0. The molecule has 0 rings (SSSR count). The van der Waals surface area contributed by atoms with Crippen LogP contribution in [0.1, 0.15) is 40.0 Å². The van der Waals surface area contributed by atoms with Crippen LogP contribution >= 0.6 is 0 Å². The zero-order valence-corrected chi connectivity index (χ0v) is 9.02. The molecule has 0 radical (unpaired) electrons. The van der Waals surface area contributed by atoms with Gasteiger partial charge < -0.3 is 10.6 Å². The van der Waals surface area contributed by atoms with Gasteiger partial charge in [0.1, 0.15) is 0 Å². The van der Waals surface area contributed by atoms with Crippen molar-refractivity contribution in [3.63, 3.8) is 0 Å². The van der Waals surface area contributed by atoms with Gasteiger partial charge in [0, 0.05) is 26.1 Å². The average molecular weight is 186 g/mol. The van der Waals surface area contributed by atoms with E-state index in [4.69, 9.17) is 0 Å². The van der Waals surface area contributed by atoms with Gasteiger partial charge in [-0.1, -0.05) is 20.3 Å². The first-order valence-electron chi connectivity index (χ1n) is 5.18. The van der Waals surface area contributed by atoms with Gasteiger partial charge in [0.2, 0.25) is 5.91 Å². The van der Waals surface area contributed by atoms with Gasteiger partial charge in [-0.05, 0) is 12.8 Å². The topological polar surface area (TPSA) is 41.1 Å². The van der Waals surface area contributed by atoms with Crippen molar-refractivity contribution < 1.29 is 4.79 Å². The molecular formula is C10H22N2O. The summed E-state index contributed by atoms with van der Waals surface area (Å²) in [5.41, 5.74) is 0. The molecule has 0 bridgehead atoms. The number of nitrogens with one attached hydrogen (secondary N) is 2. The highest BCUT2D eigenvalue weighted by molar-refractivity contribution is 5.72. The molecule has 0 aliphatic heterocycles. The SMILES string of the molecule is CCCC(CC)NCCNC(C)=O. The summed E-state index contributed by atoms with van der Waals surface area (Å²) in [6.45, 7) is 7.53. The van der Waals surface area contributed by atoms with Crippen LogP contribution in [0.4, 0.5) is 0 Å². The van der Waals surface area contributed by atoms with Crippen LogP contribution in [-0.2, 0) is 4.79 Å². The van der Waals surface area contributed by atoms with Crippen molar-refractivity contribution in [1.82, 2.24) is 10.6 Å². The first kappa shape index (κ1) is 12.4. The molecule has 0 fully saturated rings. The van der Waals surface area contributed by atoms with Crippen LogP contribution < -0.4 is 10.6 Å². The van der Waals surface area contributed by atoms with E-state index in [-0.39, 0.29) is 5.91 Å². The first-order chi connectivity index (χ1) is 6.20. The van der Waals surface area contributed by atoms with E-state index in [1.165, 1.54) is 12.8 Å². The Bertz CT molecular complexity index is 137. The fraction of sp³-hybridized carbons (Fsp3) is 0.900. The molecule has 0 heterocycles. The predicted octanol–water partition coefficient (Wildman–Crippen LogP) is 1.29. The molecule has 0 spiro atoms. The molecule has 0 saturated heterocycles. The lowest BCUT2D eigenvalue weighted by atomic mass is 10.1. The zero-order chi connectivity index (χ0) is 10.1. The van der Waals surface area contributed by atoms with Crippen molar-refractivity contribution in [2.75, 3.05) is 13.1 Å². The molecule has 3 heteroatoms. The minimum atomic E-state index is 0.0466. The predicted molar refractivity (Wildman–Crippen MR) is 55.7 cm³/mol. The fourth-order valence-corrected chi connectivity index (χ4v) is 1.31. The Labute approximate surface area is 81.3 Å². The highest BCUT2D eigenvalue weighted by atomic mass is 16.1. The van der Waals surface area contributed by atoms with E-state index in [2.05, 4.69) is 24.5 Å². The summed E-state index contributed by atoms with van der Waals surface area (Å²) in [6.07, 6.45) is 3.59. The minimum Gasteiger partial charge on any atom is -0.355 e. The number of hydrogen-bond acceptors (Lipinski definition) is 2. The van der Waals surface area contributed by atoms with Crippen LogP contribution in [0.25, 0.3) is 0 Å². The third-order valence-electron chi connectivity index (χ3n) is 2.06. The molecule has 0 aliphatic rings. The summed E-state index contributed by atoms with van der Waals surface area (Å²) in [5, 5.41) is 6.18. The second-order valence-electron chi connectivity index (χ2n) is 3.33. The minimum absolute atomic E-state index is 0.0466. The Balaban J connectivity index is 3.32. The van der Waals surface area contributed by atoms with Gasteiger partial charge >= 0.3 is 0 Å². The van der Waals surface area contributed by atoms with Crippen LogP contribution in [-0.4, -0.2) is 25.0 Å². The molecular weight excluding hydrogens is 164 g/mol. The van der Waals surface area contributed by atoms with E-state index in [0.717, 1.165) is 19.5 Å². The van der Waals surface area contributed by atoms with Crippen molar-refractivity contribution in [2.24, 2.45) is 0 Å². The number of rotatable bonds is 7. The van der Waals surface area contributed by atoms with Gasteiger partial charge in [-0.25, -0.2) is 0 Å². The van der Waals surface area contributed by atoms with Gasteiger partial charge in [-0.2, -0.15) is 0 Å². The molecule has 1 unspecified atom stereocenters. The normalized spacial score (nSPS) is 12.5. The van der Waals surface area contributed by atoms with E-state index in [0.29, 0.717) is 6.04 Å². The van der Waals surface area contributed by atoms with Gasteiger partial charge in [-0.15, -0.1) is 0 Å². The van der Waals surface area contributed by atoms with Gasteiger partial charge in [0.05, 0.1) is 0 Å². The van der Waals surface area contributed by atoms with Gasteiger partial charge in [-0.3, -0.25) is 4.79 Å². The van der Waals surface area contributed by atoms with E-state index in [1.54, 1.807) is 6.92 Å². The van der Waals surface area contributed by atoms with E-state index in [1.807, 2.05) is 0 Å². The molecule has 0 aliphatic carbocycles. The highest BCUT2D eigenvalue weighted by Crippen LogP contribution is 1.99. The Kier molecular flexibility index (Phi) is 7.69. The number of hydrogen-bond donors (Lipinski definition) is 2. The van der Waals surface area contributed by atoms with Crippen molar-refractivity contribution in [3.8, 4) is 0 Å². The summed E-state index contributed by atoms with van der Waals surface area (Å²) in [5.74, 6) is 0.0466. The molecule has 13 heavy (non-hydrogen) atoms. The third-order valence-corrected chi connectivity index (χ3v) is 2.06. The Morgan fingerprint density at radius 1 is 1.31 bits per heavy atom. The highest BCUT2D eigenvalue weighted by Gasteiger charge is 2.02. The summed E-state index contributed by atoms with van der Waals surface area (Å²) >= 11 is 0. The van der Waals surface area contributed by atoms with E-state index < -0.39 is 0 Å². The second kappa shape index (κ2) is 8.05. The number of carbonyl (C=O) groups is 1. The molecule has 78 valence electrons. The van der Waals surface area contributed by atoms with Crippen molar-refractivity contribution in [3.05, 3.63) is 0 Å². The van der Waals surface area contributed by atoms with Crippen LogP contribution in [0, 0.1) is 0 Å². The fourth-order valence-electron chi connectivity index (χ4n) is 1.31. The summed E-state index contributed by atoms with van der Waals surface area (Å²) in [6, 6.07) is 0.610. The smallest absolute Gasteiger partial charge is 0.216 e. The van der Waals surface area contributed by atoms with Crippen molar-refractivity contribution in [2.45, 2.75) is 46.1 Å². The molecule has 3 nitrogen and oxygen atoms in total.